The van der Waals surface area contributed by atoms with Gasteiger partial charge in [0, 0.05) is 38.6 Å². The van der Waals surface area contributed by atoms with Crippen molar-refractivity contribution in [2.45, 2.75) is 91.0 Å². The van der Waals surface area contributed by atoms with Gasteiger partial charge in [0.2, 0.25) is 0 Å². The summed E-state index contributed by atoms with van der Waals surface area (Å²) in [6.45, 7) is 11.5. The zero-order valence-electron chi connectivity index (χ0n) is 15.8. The van der Waals surface area contributed by atoms with Crippen LogP contribution in [0.15, 0.2) is 0 Å². The van der Waals surface area contributed by atoms with Crippen LogP contribution in [0.1, 0.15) is 85.0 Å². The third kappa shape index (κ3) is 16.0. The minimum Gasteiger partial charge on any atom is -0.481 e. The van der Waals surface area contributed by atoms with Crippen LogP contribution in [-0.2, 0) is 4.79 Å². The number of unbranched alkanes of at least 4 members (excludes halogenated alkanes) is 8. The Morgan fingerprint density at radius 2 is 1.43 bits per heavy atom. The van der Waals surface area contributed by atoms with E-state index in [1.807, 2.05) is 0 Å². The molecule has 4 nitrogen and oxygen atoms in total. The molecule has 0 saturated carbocycles. The predicted molar refractivity (Wildman–Crippen MR) is 99.1 cm³/mol. The van der Waals surface area contributed by atoms with Crippen LogP contribution < -0.4 is 5.32 Å². The molecule has 0 bridgehead atoms. The van der Waals surface area contributed by atoms with Crippen LogP contribution in [0.4, 0.5) is 0 Å². The fourth-order valence-corrected chi connectivity index (χ4v) is 2.79. The summed E-state index contributed by atoms with van der Waals surface area (Å²) in [5.41, 5.74) is 0. The molecule has 0 aliphatic carbocycles. The van der Waals surface area contributed by atoms with Gasteiger partial charge in [-0.25, -0.2) is 0 Å². The first-order chi connectivity index (χ1) is 11.1. The average Bonchev–Trinajstić information content (AvgIpc) is 2.54. The molecule has 1 rings (SSSR count). The molecule has 0 unspecified atom stereocenters. The second-order valence-corrected chi connectivity index (χ2v) is 6.85. The topological polar surface area (TPSA) is 52.6 Å². The lowest BCUT2D eigenvalue weighted by Gasteiger charge is -2.30. The molecule has 0 aromatic heterocycles. The van der Waals surface area contributed by atoms with Crippen LogP contribution in [0.2, 0.25) is 0 Å². The molecule has 23 heavy (non-hydrogen) atoms. The first-order valence-corrected chi connectivity index (χ1v) is 9.74. The molecule has 1 aliphatic heterocycles. The molecule has 1 aliphatic rings. The lowest BCUT2D eigenvalue weighted by molar-refractivity contribution is -0.137. The van der Waals surface area contributed by atoms with Gasteiger partial charge in [0.1, 0.15) is 0 Å². The van der Waals surface area contributed by atoms with Crippen molar-refractivity contribution >= 4 is 5.97 Å². The number of nitrogens with zero attached hydrogens (tertiary/aromatic N) is 1. The maximum Gasteiger partial charge on any atom is 0.303 e. The van der Waals surface area contributed by atoms with Crippen molar-refractivity contribution in [3.63, 3.8) is 0 Å². The molecule has 0 spiro atoms. The van der Waals surface area contributed by atoms with Crippen LogP contribution >= 0.6 is 0 Å². The predicted octanol–water partition coefficient (Wildman–Crippen LogP) is 4.29. The highest BCUT2D eigenvalue weighted by atomic mass is 16.4. The Morgan fingerprint density at radius 3 is 1.83 bits per heavy atom. The molecule has 138 valence electrons. The van der Waals surface area contributed by atoms with E-state index in [0.717, 1.165) is 32.0 Å². The Bertz CT molecular complexity index is 264. The van der Waals surface area contributed by atoms with Gasteiger partial charge in [-0.2, -0.15) is 0 Å². The van der Waals surface area contributed by atoms with Crippen LogP contribution in [-0.4, -0.2) is 48.2 Å². The molecule has 0 amide bonds. The zero-order chi connectivity index (χ0) is 17.3. The Balaban J connectivity index is 0.000000459. The molecule has 0 aromatic rings. The van der Waals surface area contributed by atoms with E-state index < -0.39 is 5.97 Å². The van der Waals surface area contributed by atoms with Gasteiger partial charge in [0.05, 0.1) is 0 Å². The summed E-state index contributed by atoms with van der Waals surface area (Å²) in [5, 5.41) is 11.7. The Morgan fingerprint density at radius 1 is 0.957 bits per heavy atom. The quantitative estimate of drug-likeness (QED) is 0.556. The lowest BCUT2D eigenvalue weighted by atomic mass is 10.1. The van der Waals surface area contributed by atoms with Crippen molar-refractivity contribution in [3.05, 3.63) is 0 Å². The van der Waals surface area contributed by atoms with Crippen LogP contribution in [0.5, 0.6) is 0 Å². The summed E-state index contributed by atoms with van der Waals surface area (Å²) >= 11 is 0. The molecular weight excluding hydrogens is 288 g/mol. The van der Waals surface area contributed by atoms with E-state index in [1.54, 1.807) is 0 Å². The van der Waals surface area contributed by atoms with E-state index in [1.165, 1.54) is 58.0 Å². The number of hydrogen-bond donors (Lipinski definition) is 2. The number of carbonyl (C=O) groups is 1. The number of nitrogens with one attached hydrogen (secondary N) is 1. The molecule has 0 radical (unpaired) electrons. The Hall–Kier alpha value is -0.610. The fraction of sp³-hybridized carbons (Fsp3) is 0.947. The SMILES string of the molecule is CC(C)N1CCNCC1.CCCCCCCCCCCC(=O)O. The van der Waals surface area contributed by atoms with Gasteiger partial charge in [0.15, 0.2) is 0 Å². The molecule has 1 saturated heterocycles. The van der Waals surface area contributed by atoms with Gasteiger partial charge in [-0.1, -0.05) is 58.3 Å². The number of carboxylic acid groups (broad SMARTS) is 1. The van der Waals surface area contributed by atoms with Crippen molar-refractivity contribution in [3.8, 4) is 0 Å². The standard InChI is InChI=1S/C12H24O2.C7H16N2/c1-2-3-4-5-6-7-8-9-10-11-12(13)14;1-7(2)9-5-3-8-4-6-9/h2-11H2,1H3,(H,13,14);7-8H,3-6H2,1-2H3. The van der Waals surface area contributed by atoms with Crippen molar-refractivity contribution in [2.75, 3.05) is 26.2 Å². The van der Waals surface area contributed by atoms with Gasteiger partial charge in [-0.15, -0.1) is 0 Å². The van der Waals surface area contributed by atoms with Crippen LogP contribution in [0.25, 0.3) is 0 Å². The first-order valence-electron chi connectivity index (χ1n) is 9.74. The monoisotopic (exact) mass is 328 g/mol. The van der Waals surface area contributed by atoms with Crippen molar-refractivity contribution in [1.82, 2.24) is 10.2 Å². The van der Waals surface area contributed by atoms with E-state index in [-0.39, 0.29) is 0 Å². The van der Waals surface area contributed by atoms with Gasteiger partial charge in [-0.3, -0.25) is 9.69 Å². The van der Waals surface area contributed by atoms with Crippen molar-refractivity contribution in [2.24, 2.45) is 0 Å². The van der Waals surface area contributed by atoms with E-state index >= 15 is 0 Å². The summed E-state index contributed by atoms with van der Waals surface area (Å²) < 4.78 is 0. The van der Waals surface area contributed by atoms with E-state index in [4.69, 9.17) is 5.11 Å². The maximum absolute atomic E-state index is 10.2. The van der Waals surface area contributed by atoms with Crippen LogP contribution in [0.3, 0.4) is 0 Å². The second kappa shape index (κ2) is 16.3. The Kier molecular flexibility index (Phi) is 15.8. The van der Waals surface area contributed by atoms with E-state index in [2.05, 4.69) is 31.0 Å². The number of rotatable bonds is 11. The highest BCUT2D eigenvalue weighted by Gasteiger charge is 2.11. The zero-order valence-corrected chi connectivity index (χ0v) is 15.8. The minimum atomic E-state index is -0.659. The third-order valence-corrected chi connectivity index (χ3v) is 4.38. The van der Waals surface area contributed by atoms with Gasteiger partial charge < -0.3 is 10.4 Å². The lowest BCUT2D eigenvalue weighted by Crippen LogP contribution is -2.46. The van der Waals surface area contributed by atoms with E-state index in [0.29, 0.717) is 6.42 Å². The second-order valence-electron chi connectivity index (χ2n) is 6.85. The first kappa shape index (κ1) is 22.4. The highest BCUT2D eigenvalue weighted by Crippen LogP contribution is 2.10. The van der Waals surface area contributed by atoms with Crippen LogP contribution in [0, 0.1) is 0 Å². The summed E-state index contributed by atoms with van der Waals surface area (Å²) in [5.74, 6) is -0.659. The highest BCUT2D eigenvalue weighted by molar-refractivity contribution is 5.66. The average molecular weight is 329 g/mol. The smallest absolute Gasteiger partial charge is 0.303 e. The molecule has 0 aromatic carbocycles. The van der Waals surface area contributed by atoms with Crippen molar-refractivity contribution in [1.29, 1.82) is 0 Å². The molecular formula is C19H40N2O2. The number of hydrogen-bond acceptors (Lipinski definition) is 3. The van der Waals surface area contributed by atoms with Gasteiger partial charge >= 0.3 is 5.97 Å². The molecule has 1 heterocycles. The van der Waals surface area contributed by atoms with Gasteiger partial charge in [-0.05, 0) is 20.3 Å². The fourth-order valence-electron chi connectivity index (χ4n) is 2.79. The number of aliphatic carboxylic acids is 1. The molecule has 2 N–H and O–H groups in total. The Labute approximate surface area is 144 Å². The normalized spacial score (nSPS) is 15.3. The van der Waals surface area contributed by atoms with Crippen molar-refractivity contribution < 1.29 is 9.90 Å². The maximum atomic E-state index is 10.2. The number of carboxylic acids is 1. The molecule has 4 heteroatoms. The number of piperazine rings is 1. The molecule has 0 atom stereocenters. The summed E-state index contributed by atoms with van der Waals surface area (Å²) in [4.78, 5) is 12.7. The summed E-state index contributed by atoms with van der Waals surface area (Å²) in [7, 11) is 0. The van der Waals surface area contributed by atoms with E-state index in [9.17, 15) is 4.79 Å². The summed E-state index contributed by atoms with van der Waals surface area (Å²) in [6, 6.07) is 0.729. The minimum absolute atomic E-state index is 0.343. The van der Waals surface area contributed by atoms with Gasteiger partial charge in [0.25, 0.3) is 0 Å². The largest absolute Gasteiger partial charge is 0.481 e. The summed E-state index contributed by atoms with van der Waals surface area (Å²) in [6.07, 6.45) is 11.5. The molecule has 1 fully saturated rings. The third-order valence-electron chi connectivity index (χ3n) is 4.38.